The first-order valence-electron chi connectivity index (χ1n) is 8.98. The van der Waals surface area contributed by atoms with Gasteiger partial charge in [-0.3, -0.25) is 4.79 Å². The van der Waals surface area contributed by atoms with Crippen LogP contribution in [0.15, 0.2) is 46.0 Å². The molecule has 146 valence electrons. The SMILES string of the molecule is Cc1ccccc1OCCNC(=O)[C@@H]1CCCN(S(=O)(=O)c2cccs2)C1. The molecule has 27 heavy (non-hydrogen) atoms. The van der Waals surface area contributed by atoms with E-state index in [4.69, 9.17) is 4.74 Å². The standard InChI is InChI=1S/C19H24N2O4S2/c1-15-6-2-3-8-17(15)25-12-10-20-19(22)16-7-4-11-21(14-16)27(23,24)18-9-5-13-26-18/h2-3,5-6,8-9,13,16H,4,7,10-12,14H2,1H3,(H,20,22)/t16-/m1/s1. The van der Waals surface area contributed by atoms with Gasteiger partial charge in [0.25, 0.3) is 10.0 Å². The van der Waals surface area contributed by atoms with Crippen molar-refractivity contribution < 1.29 is 17.9 Å². The summed E-state index contributed by atoms with van der Waals surface area (Å²) in [5, 5.41) is 4.61. The van der Waals surface area contributed by atoms with Crippen LogP contribution in [-0.4, -0.2) is 44.9 Å². The summed E-state index contributed by atoms with van der Waals surface area (Å²) in [5.41, 5.74) is 1.05. The molecule has 0 saturated carbocycles. The lowest BCUT2D eigenvalue weighted by Gasteiger charge is -2.30. The number of sulfonamides is 1. The maximum Gasteiger partial charge on any atom is 0.252 e. The Kier molecular flexibility index (Phi) is 6.51. The summed E-state index contributed by atoms with van der Waals surface area (Å²) in [6, 6.07) is 11.0. The van der Waals surface area contributed by atoms with Crippen molar-refractivity contribution in [2.24, 2.45) is 5.92 Å². The van der Waals surface area contributed by atoms with E-state index in [0.717, 1.165) is 11.3 Å². The smallest absolute Gasteiger partial charge is 0.252 e. The topological polar surface area (TPSA) is 75.7 Å². The van der Waals surface area contributed by atoms with Gasteiger partial charge >= 0.3 is 0 Å². The van der Waals surface area contributed by atoms with E-state index in [0.29, 0.717) is 36.7 Å². The summed E-state index contributed by atoms with van der Waals surface area (Å²) >= 11 is 1.20. The Hall–Kier alpha value is -1.90. The quantitative estimate of drug-likeness (QED) is 0.715. The molecule has 1 N–H and O–H groups in total. The summed E-state index contributed by atoms with van der Waals surface area (Å²) in [6.45, 7) is 3.42. The van der Waals surface area contributed by atoms with Gasteiger partial charge in [0.2, 0.25) is 5.91 Å². The predicted molar refractivity (Wildman–Crippen MR) is 105 cm³/mol. The molecule has 2 aromatic rings. The first kappa shape index (κ1) is 19.9. The highest BCUT2D eigenvalue weighted by Gasteiger charge is 2.33. The van der Waals surface area contributed by atoms with Crippen LogP contribution in [0.4, 0.5) is 0 Å². The van der Waals surface area contributed by atoms with Gasteiger partial charge in [-0.2, -0.15) is 4.31 Å². The van der Waals surface area contributed by atoms with Crippen molar-refractivity contribution in [2.45, 2.75) is 24.0 Å². The molecule has 0 spiro atoms. The summed E-state index contributed by atoms with van der Waals surface area (Å²) in [6.07, 6.45) is 1.38. The zero-order chi connectivity index (χ0) is 19.3. The number of nitrogens with zero attached hydrogens (tertiary/aromatic N) is 1. The molecule has 2 heterocycles. The van der Waals surface area contributed by atoms with Gasteiger partial charge in [-0.15, -0.1) is 11.3 Å². The number of hydrogen-bond acceptors (Lipinski definition) is 5. The molecule has 1 aliphatic heterocycles. The van der Waals surface area contributed by atoms with Crippen LogP contribution in [0.25, 0.3) is 0 Å². The minimum atomic E-state index is -3.50. The fraction of sp³-hybridized carbons (Fsp3) is 0.421. The number of carbonyl (C=O) groups excluding carboxylic acids is 1. The Morgan fingerprint density at radius 3 is 2.85 bits per heavy atom. The van der Waals surface area contributed by atoms with Gasteiger partial charge in [-0.1, -0.05) is 24.3 Å². The third kappa shape index (κ3) is 4.88. The van der Waals surface area contributed by atoms with E-state index in [-0.39, 0.29) is 18.4 Å². The highest BCUT2D eigenvalue weighted by Crippen LogP contribution is 2.26. The minimum Gasteiger partial charge on any atom is -0.491 e. The molecular formula is C19H24N2O4S2. The third-order valence-corrected chi connectivity index (χ3v) is 7.83. The van der Waals surface area contributed by atoms with Gasteiger partial charge in [-0.25, -0.2) is 8.42 Å². The Morgan fingerprint density at radius 2 is 2.11 bits per heavy atom. The van der Waals surface area contributed by atoms with Crippen LogP contribution in [0.5, 0.6) is 5.75 Å². The van der Waals surface area contributed by atoms with Crippen molar-refractivity contribution in [3.8, 4) is 5.75 Å². The second kappa shape index (κ2) is 8.86. The second-order valence-corrected chi connectivity index (χ2v) is 9.65. The lowest BCUT2D eigenvalue weighted by Crippen LogP contribution is -2.45. The van der Waals surface area contributed by atoms with E-state index >= 15 is 0 Å². The van der Waals surface area contributed by atoms with Crippen molar-refractivity contribution >= 4 is 27.3 Å². The Labute approximate surface area is 164 Å². The van der Waals surface area contributed by atoms with Crippen molar-refractivity contribution in [1.29, 1.82) is 0 Å². The van der Waals surface area contributed by atoms with Crippen LogP contribution < -0.4 is 10.1 Å². The normalized spacial score (nSPS) is 18.2. The fourth-order valence-corrected chi connectivity index (χ4v) is 5.78. The van der Waals surface area contributed by atoms with Crippen LogP contribution in [0.2, 0.25) is 0 Å². The minimum absolute atomic E-state index is 0.116. The molecule has 0 unspecified atom stereocenters. The van der Waals surface area contributed by atoms with E-state index in [9.17, 15) is 13.2 Å². The number of rotatable bonds is 7. The van der Waals surface area contributed by atoms with Crippen LogP contribution in [0.1, 0.15) is 18.4 Å². The van der Waals surface area contributed by atoms with E-state index in [1.165, 1.54) is 15.6 Å². The molecule has 1 aromatic heterocycles. The average molecular weight is 409 g/mol. The second-order valence-electron chi connectivity index (χ2n) is 6.54. The van der Waals surface area contributed by atoms with Crippen LogP contribution in [0, 0.1) is 12.8 Å². The molecular weight excluding hydrogens is 384 g/mol. The maximum absolute atomic E-state index is 12.7. The number of aryl methyl sites for hydroxylation is 1. The number of para-hydroxylation sites is 1. The molecule has 0 bridgehead atoms. The zero-order valence-electron chi connectivity index (χ0n) is 15.3. The first-order valence-corrected chi connectivity index (χ1v) is 11.3. The number of benzene rings is 1. The predicted octanol–water partition coefficient (Wildman–Crippen LogP) is 2.65. The summed E-state index contributed by atoms with van der Waals surface area (Å²) in [5.74, 6) is 0.360. The van der Waals surface area contributed by atoms with Crippen molar-refractivity contribution in [2.75, 3.05) is 26.2 Å². The number of ether oxygens (including phenoxy) is 1. The monoisotopic (exact) mass is 408 g/mol. The first-order chi connectivity index (χ1) is 13.0. The van der Waals surface area contributed by atoms with Crippen LogP contribution in [-0.2, 0) is 14.8 Å². The summed E-state index contributed by atoms with van der Waals surface area (Å²) in [7, 11) is -3.50. The summed E-state index contributed by atoms with van der Waals surface area (Å²) < 4.78 is 32.7. The van der Waals surface area contributed by atoms with Crippen LogP contribution >= 0.6 is 11.3 Å². The average Bonchev–Trinajstić information content (AvgIpc) is 3.22. The number of thiophene rings is 1. The van der Waals surface area contributed by atoms with Gasteiger partial charge in [0, 0.05) is 13.1 Å². The lowest BCUT2D eigenvalue weighted by molar-refractivity contribution is -0.126. The molecule has 8 heteroatoms. The van der Waals surface area contributed by atoms with E-state index in [1.54, 1.807) is 17.5 Å². The van der Waals surface area contributed by atoms with E-state index in [2.05, 4.69) is 5.32 Å². The highest BCUT2D eigenvalue weighted by molar-refractivity contribution is 7.91. The molecule has 0 radical (unpaired) electrons. The highest BCUT2D eigenvalue weighted by atomic mass is 32.2. The molecule has 1 aromatic carbocycles. The zero-order valence-corrected chi connectivity index (χ0v) is 16.9. The molecule has 1 saturated heterocycles. The fourth-order valence-electron chi connectivity index (χ4n) is 3.11. The largest absolute Gasteiger partial charge is 0.491 e. The number of carbonyl (C=O) groups is 1. The van der Waals surface area contributed by atoms with Crippen LogP contribution in [0.3, 0.4) is 0 Å². The third-order valence-electron chi connectivity index (χ3n) is 4.60. The number of piperidine rings is 1. The molecule has 1 aliphatic rings. The van der Waals surface area contributed by atoms with Gasteiger partial charge in [0.05, 0.1) is 12.5 Å². The van der Waals surface area contributed by atoms with Gasteiger partial charge in [0.15, 0.2) is 0 Å². The molecule has 1 atom stereocenters. The Balaban J connectivity index is 1.49. The molecule has 0 aliphatic carbocycles. The molecule has 6 nitrogen and oxygen atoms in total. The van der Waals surface area contributed by atoms with Crippen molar-refractivity contribution in [3.05, 3.63) is 47.3 Å². The van der Waals surface area contributed by atoms with E-state index < -0.39 is 10.0 Å². The Morgan fingerprint density at radius 1 is 1.30 bits per heavy atom. The van der Waals surface area contributed by atoms with Gasteiger partial charge in [0.1, 0.15) is 16.6 Å². The van der Waals surface area contributed by atoms with E-state index in [1.807, 2.05) is 31.2 Å². The molecule has 1 fully saturated rings. The number of amides is 1. The van der Waals surface area contributed by atoms with Crippen molar-refractivity contribution in [1.82, 2.24) is 9.62 Å². The summed E-state index contributed by atoms with van der Waals surface area (Å²) in [4.78, 5) is 12.4. The van der Waals surface area contributed by atoms with Gasteiger partial charge in [-0.05, 0) is 42.8 Å². The molecule has 1 amide bonds. The van der Waals surface area contributed by atoms with Gasteiger partial charge < -0.3 is 10.1 Å². The number of nitrogens with one attached hydrogen (secondary N) is 1. The Bertz CT molecular complexity index is 866. The maximum atomic E-state index is 12.7. The van der Waals surface area contributed by atoms with Crippen molar-refractivity contribution in [3.63, 3.8) is 0 Å². The lowest BCUT2D eigenvalue weighted by atomic mass is 9.99. The number of hydrogen-bond donors (Lipinski definition) is 1. The molecule has 3 rings (SSSR count).